The number of thioether (sulfide) groups is 1. The van der Waals surface area contributed by atoms with Crippen molar-refractivity contribution in [2.45, 2.75) is 30.0 Å². The van der Waals surface area contributed by atoms with E-state index in [0.29, 0.717) is 12.1 Å². The van der Waals surface area contributed by atoms with Crippen LogP contribution in [0.25, 0.3) is 0 Å². The molecule has 0 fully saturated rings. The molecule has 1 aliphatic heterocycles. The van der Waals surface area contributed by atoms with E-state index in [4.69, 9.17) is 0 Å². The number of nitrogens with one attached hydrogen (secondary N) is 1. The molecule has 130 valence electrons. The van der Waals surface area contributed by atoms with Crippen LogP contribution in [0.5, 0.6) is 0 Å². The highest BCUT2D eigenvalue weighted by Gasteiger charge is 2.30. The first-order valence-electron chi connectivity index (χ1n) is 8.30. The molecule has 1 heterocycles. The lowest BCUT2D eigenvalue weighted by atomic mass is 10.1. The number of hydrogen-bond donors (Lipinski definition) is 1. The first kappa shape index (κ1) is 17.5. The van der Waals surface area contributed by atoms with Gasteiger partial charge in [-0.2, -0.15) is 0 Å². The van der Waals surface area contributed by atoms with Gasteiger partial charge in [-0.25, -0.2) is 0 Å². The molecule has 0 spiro atoms. The Labute approximate surface area is 152 Å². The monoisotopic (exact) mass is 354 g/mol. The number of rotatable bonds is 4. The summed E-state index contributed by atoms with van der Waals surface area (Å²) in [7, 11) is 3.45. The maximum Gasteiger partial charge on any atom is 0.251 e. The van der Waals surface area contributed by atoms with Crippen LogP contribution in [0.15, 0.2) is 47.4 Å². The molecular weight excluding hydrogens is 332 g/mol. The van der Waals surface area contributed by atoms with Gasteiger partial charge in [0.2, 0.25) is 5.91 Å². The summed E-state index contributed by atoms with van der Waals surface area (Å²) >= 11 is 1.66. The molecule has 1 atom stereocenters. The summed E-state index contributed by atoms with van der Waals surface area (Å²) in [5.74, 6) is 0.0422. The smallest absolute Gasteiger partial charge is 0.251 e. The van der Waals surface area contributed by atoms with Crippen molar-refractivity contribution in [1.82, 2.24) is 10.2 Å². The third kappa shape index (κ3) is 3.87. The molecule has 0 aliphatic carbocycles. The van der Waals surface area contributed by atoms with Crippen LogP contribution in [0.1, 0.15) is 27.0 Å². The first-order chi connectivity index (χ1) is 12.0. The Hall–Kier alpha value is -2.27. The molecule has 0 saturated heterocycles. The number of amides is 2. The third-order valence-corrected chi connectivity index (χ3v) is 5.70. The van der Waals surface area contributed by atoms with Gasteiger partial charge in [-0.3, -0.25) is 9.59 Å². The molecule has 0 saturated carbocycles. The minimum Gasteiger partial charge on any atom is -0.355 e. The summed E-state index contributed by atoms with van der Waals surface area (Å²) in [6.45, 7) is 2.61. The van der Waals surface area contributed by atoms with Crippen LogP contribution in [0.2, 0.25) is 0 Å². The molecule has 3 rings (SSSR count). The number of carbonyl (C=O) groups is 2. The molecule has 0 bridgehead atoms. The molecule has 2 aromatic rings. The first-order valence-corrected chi connectivity index (χ1v) is 9.18. The summed E-state index contributed by atoms with van der Waals surface area (Å²) in [4.78, 5) is 27.3. The Morgan fingerprint density at radius 1 is 1.20 bits per heavy atom. The fourth-order valence-electron chi connectivity index (χ4n) is 2.98. The Morgan fingerprint density at radius 3 is 2.60 bits per heavy atom. The zero-order valence-corrected chi connectivity index (χ0v) is 15.5. The number of aryl methyl sites for hydroxylation is 1. The highest BCUT2D eigenvalue weighted by atomic mass is 32.2. The van der Waals surface area contributed by atoms with E-state index in [2.05, 4.69) is 30.4 Å². The lowest BCUT2D eigenvalue weighted by molar-refractivity contribution is -0.129. The Morgan fingerprint density at radius 2 is 1.92 bits per heavy atom. The zero-order chi connectivity index (χ0) is 18.0. The van der Waals surface area contributed by atoms with Gasteiger partial charge in [-0.05, 0) is 42.7 Å². The molecule has 5 heteroatoms. The van der Waals surface area contributed by atoms with Gasteiger partial charge in [-0.1, -0.05) is 29.8 Å². The van der Waals surface area contributed by atoms with E-state index in [1.807, 2.05) is 19.2 Å². The second-order valence-corrected chi connectivity index (χ2v) is 7.64. The number of fused-ring (bicyclic) bond motifs is 1. The summed E-state index contributed by atoms with van der Waals surface area (Å²) < 4.78 is 0. The number of hydrogen-bond acceptors (Lipinski definition) is 3. The van der Waals surface area contributed by atoms with Crippen LogP contribution in [0.3, 0.4) is 0 Å². The maximum atomic E-state index is 12.8. The van der Waals surface area contributed by atoms with E-state index < -0.39 is 0 Å². The molecule has 0 radical (unpaired) electrons. The Kier molecular flexibility index (Phi) is 5.13. The van der Waals surface area contributed by atoms with E-state index in [9.17, 15) is 9.59 Å². The second-order valence-electron chi connectivity index (χ2n) is 6.39. The number of nitrogens with zero attached hydrogens (tertiary/aromatic N) is 1. The lowest BCUT2D eigenvalue weighted by Gasteiger charge is -2.20. The van der Waals surface area contributed by atoms with Crippen LogP contribution >= 0.6 is 11.8 Å². The fourth-order valence-corrected chi connectivity index (χ4v) is 4.38. The van der Waals surface area contributed by atoms with Gasteiger partial charge in [-0.15, -0.1) is 11.8 Å². The normalized spacial score (nSPS) is 15.6. The largest absolute Gasteiger partial charge is 0.355 e. The molecule has 2 amide bonds. The van der Waals surface area contributed by atoms with E-state index in [0.717, 1.165) is 12.0 Å². The van der Waals surface area contributed by atoms with Crippen LogP contribution in [-0.2, 0) is 17.8 Å². The van der Waals surface area contributed by atoms with E-state index >= 15 is 0 Å². The predicted octanol–water partition coefficient (Wildman–Crippen LogP) is 3.03. The molecule has 25 heavy (non-hydrogen) atoms. The average Bonchev–Trinajstić information content (AvgIpc) is 3.04. The van der Waals surface area contributed by atoms with Crippen molar-refractivity contribution in [1.29, 1.82) is 0 Å². The Balaban J connectivity index is 1.63. The summed E-state index contributed by atoms with van der Waals surface area (Å²) in [5.41, 5.74) is 4.12. The summed E-state index contributed by atoms with van der Waals surface area (Å²) in [5, 5.41) is 2.55. The van der Waals surface area contributed by atoms with Crippen molar-refractivity contribution >= 4 is 23.6 Å². The second kappa shape index (κ2) is 7.31. The average molecular weight is 354 g/mol. The van der Waals surface area contributed by atoms with Crippen LogP contribution in [-0.4, -0.2) is 36.1 Å². The third-order valence-electron chi connectivity index (χ3n) is 4.41. The van der Waals surface area contributed by atoms with Gasteiger partial charge in [0.25, 0.3) is 5.91 Å². The molecule has 2 aromatic carbocycles. The van der Waals surface area contributed by atoms with Gasteiger partial charge < -0.3 is 10.2 Å². The van der Waals surface area contributed by atoms with Crippen molar-refractivity contribution in [2.75, 3.05) is 14.1 Å². The molecule has 4 nitrogen and oxygen atoms in total. The van der Waals surface area contributed by atoms with Crippen molar-refractivity contribution in [3.63, 3.8) is 0 Å². The van der Waals surface area contributed by atoms with E-state index in [1.165, 1.54) is 16.0 Å². The molecule has 1 N–H and O–H groups in total. The van der Waals surface area contributed by atoms with Crippen LogP contribution < -0.4 is 5.32 Å². The van der Waals surface area contributed by atoms with Gasteiger partial charge in [0, 0.05) is 31.1 Å². The minimum atomic E-state index is -0.105. The fraction of sp³-hybridized carbons (Fsp3) is 0.300. The topological polar surface area (TPSA) is 49.4 Å². The standard InChI is InChI=1S/C20H22N2O2S/c1-13-4-7-16-11-18(25-17(16)10-13)20(24)22(3)12-14-5-8-15(9-6-14)19(23)21-2/h4-10,18H,11-12H2,1-3H3,(H,21,23)/t18-/m1/s1. The van der Waals surface area contributed by atoms with Gasteiger partial charge in [0.05, 0.1) is 5.25 Å². The van der Waals surface area contributed by atoms with Crippen molar-refractivity contribution in [2.24, 2.45) is 0 Å². The van der Waals surface area contributed by atoms with Gasteiger partial charge in [0.15, 0.2) is 0 Å². The number of carbonyl (C=O) groups excluding carboxylic acids is 2. The minimum absolute atomic E-state index is 0.0491. The SMILES string of the molecule is CNC(=O)c1ccc(CN(C)C(=O)[C@H]2Cc3ccc(C)cc3S2)cc1. The van der Waals surface area contributed by atoms with Crippen LogP contribution in [0.4, 0.5) is 0 Å². The Bertz CT molecular complexity index is 802. The van der Waals surface area contributed by atoms with E-state index in [1.54, 1.807) is 35.8 Å². The predicted molar refractivity (Wildman–Crippen MR) is 101 cm³/mol. The van der Waals surface area contributed by atoms with E-state index in [-0.39, 0.29) is 17.1 Å². The maximum absolute atomic E-state index is 12.8. The van der Waals surface area contributed by atoms with Gasteiger partial charge >= 0.3 is 0 Å². The highest BCUT2D eigenvalue weighted by Crippen LogP contribution is 2.38. The molecular formula is C20H22N2O2S. The van der Waals surface area contributed by atoms with Crippen molar-refractivity contribution in [3.05, 3.63) is 64.7 Å². The quantitative estimate of drug-likeness (QED) is 0.918. The zero-order valence-electron chi connectivity index (χ0n) is 14.7. The molecule has 1 aliphatic rings. The highest BCUT2D eigenvalue weighted by molar-refractivity contribution is 8.01. The summed E-state index contributed by atoms with van der Waals surface area (Å²) in [6, 6.07) is 13.8. The molecule has 0 unspecified atom stereocenters. The lowest BCUT2D eigenvalue weighted by Crippen LogP contribution is -2.34. The van der Waals surface area contributed by atoms with Crippen LogP contribution in [0, 0.1) is 6.92 Å². The molecule has 0 aromatic heterocycles. The summed E-state index contributed by atoms with van der Waals surface area (Å²) in [6.07, 6.45) is 0.791. The van der Waals surface area contributed by atoms with Crippen molar-refractivity contribution < 1.29 is 9.59 Å². The van der Waals surface area contributed by atoms with Crippen molar-refractivity contribution in [3.8, 4) is 0 Å². The number of benzene rings is 2. The van der Waals surface area contributed by atoms with Gasteiger partial charge in [0.1, 0.15) is 0 Å².